The first-order chi connectivity index (χ1) is 19.2. The van der Waals surface area contributed by atoms with Crippen LogP contribution in [0, 0.1) is 36.6 Å². The van der Waals surface area contributed by atoms with Crippen molar-refractivity contribution in [2.24, 2.45) is 0 Å². The van der Waals surface area contributed by atoms with Gasteiger partial charge in [0.15, 0.2) is 0 Å². The van der Waals surface area contributed by atoms with Gasteiger partial charge in [-0.15, -0.1) is 5.54 Å². The summed E-state index contributed by atoms with van der Waals surface area (Å²) in [4.78, 5) is 13.3. The molecule has 1 aromatic heterocycles. The van der Waals surface area contributed by atoms with Crippen LogP contribution in [0.2, 0.25) is 19.6 Å². The lowest BCUT2D eigenvalue weighted by Crippen LogP contribution is -2.29. The monoisotopic (exact) mass is 570 g/mol. The minimum atomic E-state index is -4.87. The van der Waals surface area contributed by atoms with Crippen molar-refractivity contribution in [3.63, 3.8) is 0 Å². The average molecular weight is 571 g/mol. The number of aromatic nitrogens is 1. The summed E-state index contributed by atoms with van der Waals surface area (Å²) in [5.74, 6) is 4.24. The van der Waals surface area contributed by atoms with Crippen LogP contribution in [0.15, 0.2) is 77.6 Å². The van der Waals surface area contributed by atoms with Gasteiger partial charge in [0.25, 0.3) is 5.56 Å². The maximum absolute atomic E-state index is 13.9. The lowest BCUT2D eigenvalue weighted by atomic mass is 10.0. The molecule has 0 aliphatic carbocycles. The van der Waals surface area contributed by atoms with E-state index in [1.807, 2.05) is 44.2 Å². The fourth-order valence-corrected chi connectivity index (χ4v) is 4.78. The summed E-state index contributed by atoms with van der Waals surface area (Å²) in [6.07, 6.45) is -4.87. The molecule has 0 radical (unpaired) electrons. The minimum Gasteiger partial charge on any atom is -0.457 e. The van der Waals surface area contributed by atoms with E-state index < -0.39 is 30.9 Å². The minimum absolute atomic E-state index is 0.0122. The van der Waals surface area contributed by atoms with Crippen LogP contribution in [0.1, 0.15) is 33.4 Å². The lowest BCUT2D eigenvalue weighted by Gasteiger charge is -2.19. The van der Waals surface area contributed by atoms with E-state index in [2.05, 4.69) is 31.1 Å². The Morgan fingerprint density at radius 1 is 0.902 bits per heavy atom. The lowest BCUT2D eigenvalue weighted by molar-refractivity contribution is -0.137. The van der Waals surface area contributed by atoms with Crippen LogP contribution in [0.4, 0.5) is 13.2 Å². The Hall–Kier alpha value is -4.53. The average Bonchev–Trinajstić information content (AvgIpc) is 2.90. The van der Waals surface area contributed by atoms with Crippen molar-refractivity contribution in [2.45, 2.75) is 46.2 Å². The fourth-order valence-electron chi connectivity index (χ4n) is 4.26. The van der Waals surface area contributed by atoms with Gasteiger partial charge in [-0.05, 0) is 85.1 Å². The van der Waals surface area contributed by atoms with Crippen molar-refractivity contribution in [1.82, 2.24) is 4.57 Å². The van der Waals surface area contributed by atoms with E-state index in [1.54, 1.807) is 36.4 Å². The summed E-state index contributed by atoms with van der Waals surface area (Å²) < 4.78 is 48.8. The maximum atomic E-state index is 13.9. The molecule has 0 amide bonds. The SMILES string of the molecule is Cc1ccc(Cn2c(-c3ccc(Oc4ccc(C#C[Si](C)(C)C)cc4)cc3)cc(C(F)(F)F)c(C#N)c2=O)c(C)c1. The Bertz CT molecular complexity index is 1750. The molecular weight excluding hydrogens is 541 g/mol. The molecule has 8 heteroatoms. The van der Waals surface area contributed by atoms with Crippen LogP contribution >= 0.6 is 0 Å². The normalized spacial score (nSPS) is 11.4. The van der Waals surface area contributed by atoms with E-state index in [1.165, 1.54) is 10.6 Å². The fraction of sp³-hybridized carbons (Fsp3) is 0.212. The number of benzene rings is 3. The molecule has 0 aliphatic heterocycles. The van der Waals surface area contributed by atoms with Gasteiger partial charge >= 0.3 is 6.18 Å². The molecule has 4 rings (SSSR count). The van der Waals surface area contributed by atoms with Crippen LogP contribution in [-0.4, -0.2) is 12.6 Å². The molecule has 0 saturated carbocycles. The Kier molecular flexibility index (Phi) is 8.28. The van der Waals surface area contributed by atoms with Crippen molar-refractivity contribution in [1.29, 1.82) is 5.26 Å². The van der Waals surface area contributed by atoms with Gasteiger partial charge in [0.1, 0.15) is 31.2 Å². The second-order valence-corrected chi connectivity index (χ2v) is 15.6. The predicted octanol–water partition coefficient (Wildman–Crippen LogP) is 8.09. The summed E-state index contributed by atoms with van der Waals surface area (Å²) in [5.41, 5.74) is 4.14. The summed E-state index contributed by atoms with van der Waals surface area (Å²) >= 11 is 0. The molecule has 208 valence electrons. The Morgan fingerprint density at radius 2 is 1.51 bits per heavy atom. The highest BCUT2D eigenvalue weighted by atomic mass is 28.3. The highest BCUT2D eigenvalue weighted by Gasteiger charge is 2.36. The molecule has 0 N–H and O–H groups in total. The summed E-state index contributed by atoms with van der Waals surface area (Å²) in [6, 6.07) is 21.8. The van der Waals surface area contributed by atoms with Gasteiger partial charge in [0.05, 0.1) is 17.8 Å². The molecule has 0 unspecified atom stereocenters. The molecule has 4 aromatic rings. The molecule has 0 aliphatic rings. The van der Waals surface area contributed by atoms with Crippen molar-refractivity contribution in [2.75, 3.05) is 0 Å². The van der Waals surface area contributed by atoms with Gasteiger partial charge in [0, 0.05) is 5.56 Å². The molecule has 3 aromatic carbocycles. The topological polar surface area (TPSA) is 55.0 Å². The third-order valence-corrected chi connectivity index (χ3v) is 7.24. The van der Waals surface area contributed by atoms with Crippen molar-refractivity contribution in [3.05, 3.63) is 117 Å². The van der Waals surface area contributed by atoms with E-state index >= 15 is 0 Å². The number of ether oxygens (including phenoxy) is 1. The van der Waals surface area contributed by atoms with E-state index in [0.29, 0.717) is 17.1 Å². The first kappa shape index (κ1) is 29.4. The summed E-state index contributed by atoms with van der Waals surface area (Å²) in [5, 5.41) is 9.48. The predicted molar refractivity (Wildman–Crippen MR) is 158 cm³/mol. The largest absolute Gasteiger partial charge is 0.457 e. The number of hydrogen-bond donors (Lipinski definition) is 0. The van der Waals surface area contributed by atoms with Gasteiger partial charge in [-0.25, -0.2) is 0 Å². The number of halogens is 3. The van der Waals surface area contributed by atoms with Crippen LogP contribution < -0.4 is 10.3 Å². The van der Waals surface area contributed by atoms with E-state index in [0.717, 1.165) is 28.3 Å². The Morgan fingerprint density at radius 3 is 2.05 bits per heavy atom. The highest BCUT2D eigenvalue weighted by molar-refractivity contribution is 6.83. The first-order valence-electron chi connectivity index (χ1n) is 13.0. The number of alkyl halides is 3. The number of pyridine rings is 1. The van der Waals surface area contributed by atoms with Gasteiger partial charge in [-0.1, -0.05) is 49.3 Å². The van der Waals surface area contributed by atoms with Crippen LogP contribution in [0.25, 0.3) is 11.3 Å². The van der Waals surface area contributed by atoms with Gasteiger partial charge < -0.3 is 9.30 Å². The molecule has 41 heavy (non-hydrogen) atoms. The first-order valence-corrected chi connectivity index (χ1v) is 16.5. The van der Waals surface area contributed by atoms with Crippen molar-refractivity contribution in [3.8, 4) is 40.3 Å². The quantitative estimate of drug-likeness (QED) is 0.180. The standard InChI is InChI=1S/C33H29F3N2O2Si/c1-22-6-9-26(23(2)18-22)21-38-31(19-30(33(34,35)36)29(20-37)32(38)39)25-10-14-28(15-11-25)40-27-12-7-24(8-13-27)16-17-41(3,4)5/h6-15,18-19H,21H2,1-5H3. The number of aryl methyl sites for hydroxylation is 2. The highest BCUT2D eigenvalue weighted by Crippen LogP contribution is 2.34. The van der Waals surface area contributed by atoms with Crippen molar-refractivity contribution < 1.29 is 17.9 Å². The molecule has 0 bridgehead atoms. The number of rotatable bonds is 5. The van der Waals surface area contributed by atoms with Crippen molar-refractivity contribution >= 4 is 8.07 Å². The Labute approximate surface area is 238 Å². The molecule has 0 saturated heterocycles. The zero-order valence-corrected chi connectivity index (χ0v) is 24.5. The molecule has 0 spiro atoms. The van der Waals surface area contributed by atoms with Crippen LogP contribution in [-0.2, 0) is 12.7 Å². The molecule has 1 heterocycles. The number of nitrogens with zero attached hydrogens (tertiary/aromatic N) is 2. The second kappa shape index (κ2) is 11.5. The maximum Gasteiger partial charge on any atom is 0.417 e. The van der Waals surface area contributed by atoms with E-state index in [-0.39, 0.29) is 12.2 Å². The summed E-state index contributed by atoms with van der Waals surface area (Å²) in [6.45, 7) is 10.3. The third-order valence-electron chi connectivity index (χ3n) is 6.37. The molecular formula is C33H29F3N2O2Si. The van der Waals surface area contributed by atoms with Crippen LogP contribution in [0.3, 0.4) is 0 Å². The smallest absolute Gasteiger partial charge is 0.417 e. The Balaban J connectivity index is 1.71. The molecule has 4 nitrogen and oxygen atoms in total. The van der Waals surface area contributed by atoms with E-state index in [4.69, 9.17) is 4.74 Å². The number of nitriles is 1. The second-order valence-electron chi connectivity index (χ2n) is 10.9. The third kappa shape index (κ3) is 7.16. The zero-order chi connectivity index (χ0) is 29.9. The summed E-state index contributed by atoms with van der Waals surface area (Å²) in [7, 11) is -1.49. The number of hydrogen-bond acceptors (Lipinski definition) is 3. The molecule has 0 atom stereocenters. The zero-order valence-electron chi connectivity index (χ0n) is 23.5. The van der Waals surface area contributed by atoms with Gasteiger partial charge in [0.2, 0.25) is 0 Å². The van der Waals surface area contributed by atoms with E-state index in [9.17, 15) is 23.2 Å². The van der Waals surface area contributed by atoms with Gasteiger partial charge in [-0.3, -0.25) is 4.79 Å². The molecule has 0 fully saturated rings. The van der Waals surface area contributed by atoms with Gasteiger partial charge in [-0.2, -0.15) is 18.4 Å². The van der Waals surface area contributed by atoms with Crippen LogP contribution in [0.5, 0.6) is 11.5 Å².